The largest absolute Gasteiger partial charge is 0.465 e. The predicted octanol–water partition coefficient (Wildman–Crippen LogP) is 4.74. The van der Waals surface area contributed by atoms with Crippen molar-refractivity contribution in [3.63, 3.8) is 0 Å². The number of amides is 1. The number of carbonyl (C=O) groups is 1. The monoisotopic (exact) mass is 526 g/mol. The lowest BCUT2D eigenvalue weighted by molar-refractivity contribution is 0.124. The van der Waals surface area contributed by atoms with Crippen molar-refractivity contribution in [1.29, 1.82) is 0 Å². The van der Waals surface area contributed by atoms with Crippen LogP contribution in [0.1, 0.15) is 51.9 Å². The molecule has 8 heteroatoms. The summed E-state index contributed by atoms with van der Waals surface area (Å²) >= 11 is 0. The van der Waals surface area contributed by atoms with Crippen molar-refractivity contribution >= 4 is 17.7 Å². The molecule has 0 spiro atoms. The van der Waals surface area contributed by atoms with E-state index in [1.165, 1.54) is 10.5 Å². The highest BCUT2D eigenvalue weighted by Gasteiger charge is 2.39. The lowest BCUT2D eigenvalue weighted by Gasteiger charge is -2.29. The number of nitrogens with zero attached hydrogens (tertiary/aromatic N) is 3. The molecular weight excluding hydrogens is 488 g/mol. The molecule has 0 aromatic carbocycles. The van der Waals surface area contributed by atoms with Gasteiger partial charge in [0.15, 0.2) is 0 Å². The van der Waals surface area contributed by atoms with E-state index < -0.39 is 11.6 Å². The Bertz CT molecular complexity index is 1370. The van der Waals surface area contributed by atoms with Crippen LogP contribution >= 0.6 is 0 Å². The van der Waals surface area contributed by atoms with Crippen LogP contribution in [-0.2, 0) is 0 Å². The van der Waals surface area contributed by atoms with Crippen LogP contribution in [0.4, 0.5) is 16.4 Å². The fourth-order valence-electron chi connectivity index (χ4n) is 4.44. The molecule has 0 saturated carbocycles. The van der Waals surface area contributed by atoms with Gasteiger partial charge in [-0.2, -0.15) is 0 Å². The van der Waals surface area contributed by atoms with Crippen LogP contribution < -0.4 is 16.0 Å². The molecule has 8 nitrogen and oxygen atoms in total. The zero-order valence-electron chi connectivity index (χ0n) is 23.6. The van der Waals surface area contributed by atoms with Crippen LogP contribution in [0.25, 0.3) is 0 Å². The quantitative estimate of drug-likeness (QED) is 0.420. The Balaban J connectivity index is 0.000000218. The lowest BCUT2D eigenvalue weighted by atomic mass is 9.95. The summed E-state index contributed by atoms with van der Waals surface area (Å²) in [6.45, 7) is 9.74. The molecule has 4 rings (SSSR count). The summed E-state index contributed by atoms with van der Waals surface area (Å²) in [6, 6.07) is 11.4. The molecule has 2 saturated heterocycles. The van der Waals surface area contributed by atoms with Crippen molar-refractivity contribution in [2.75, 3.05) is 37.8 Å². The molecule has 2 fully saturated rings. The second kappa shape index (κ2) is 13.0. The topological polar surface area (TPSA) is 102 Å². The fraction of sp³-hybridized carbons (Fsp3) is 0.387. The van der Waals surface area contributed by atoms with Crippen molar-refractivity contribution < 1.29 is 9.90 Å². The average molecular weight is 527 g/mol. The minimum absolute atomic E-state index is 0.0783. The first-order chi connectivity index (χ1) is 18.6. The third-order valence-corrected chi connectivity index (χ3v) is 6.96. The van der Waals surface area contributed by atoms with E-state index in [2.05, 4.69) is 63.4 Å². The van der Waals surface area contributed by atoms with Gasteiger partial charge in [-0.3, -0.25) is 4.90 Å². The first-order valence-electron chi connectivity index (χ1n) is 13.0. The van der Waals surface area contributed by atoms with Crippen molar-refractivity contribution in [3.8, 4) is 23.7 Å². The lowest BCUT2D eigenvalue weighted by Crippen LogP contribution is -2.42. The van der Waals surface area contributed by atoms with Gasteiger partial charge in [-0.1, -0.05) is 24.0 Å². The highest BCUT2D eigenvalue weighted by atomic mass is 16.4. The number of pyridine rings is 2. The summed E-state index contributed by atoms with van der Waals surface area (Å²) in [6.07, 6.45) is 4.74. The van der Waals surface area contributed by atoms with Gasteiger partial charge in [0.1, 0.15) is 23.0 Å². The number of hydrogen-bond donors (Lipinski definition) is 4. The summed E-state index contributed by atoms with van der Waals surface area (Å²) in [7, 11) is 3.66. The van der Waals surface area contributed by atoms with E-state index in [0.29, 0.717) is 12.2 Å². The van der Waals surface area contributed by atoms with E-state index in [0.717, 1.165) is 42.3 Å². The van der Waals surface area contributed by atoms with Gasteiger partial charge in [-0.25, -0.2) is 14.8 Å². The van der Waals surface area contributed by atoms with Crippen LogP contribution in [0.15, 0.2) is 59.7 Å². The maximum absolute atomic E-state index is 11.2. The average Bonchev–Trinajstić information content (AvgIpc) is 3.41. The number of hydrogen-bond acceptors (Lipinski definition) is 6. The standard InChI is InChI=1S/C16H19N3O2.C15H19N3/c1-16(2)12(10-11-19(16)15(20)21)6-4-7-13-8-5-9-14(17-3)18-13;1-15(2)12(10-11-17-15)6-4-7-13-8-5-9-14(16-3)18-13/h5-6,8-9H,10-11H2,1-3H3,(H,17,18)(H,20,21);5-6,8-9,17H,10-11H2,1-3H3,(H,16,18)/b2*12-6+. The Kier molecular flexibility index (Phi) is 9.76. The van der Waals surface area contributed by atoms with E-state index in [1.807, 2.05) is 76.5 Å². The molecule has 39 heavy (non-hydrogen) atoms. The molecule has 0 aliphatic carbocycles. The smallest absolute Gasteiger partial charge is 0.408 e. The molecule has 0 radical (unpaired) electrons. The number of allylic oxidation sites excluding steroid dienone is 2. The molecule has 2 aliphatic heterocycles. The third kappa shape index (κ3) is 7.86. The predicted molar refractivity (Wildman–Crippen MR) is 158 cm³/mol. The number of carboxylic acid groups (broad SMARTS) is 1. The van der Waals surface area contributed by atoms with Crippen LogP contribution in [-0.4, -0.2) is 64.3 Å². The number of anilines is 2. The van der Waals surface area contributed by atoms with E-state index in [-0.39, 0.29) is 5.54 Å². The maximum atomic E-state index is 11.2. The van der Waals surface area contributed by atoms with Gasteiger partial charge in [0.2, 0.25) is 0 Å². The van der Waals surface area contributed by atoms with Crippen molar-refractivity contribution in [2.45, 2.75) is 51.6 Å². The molecule has 4 N–H and O–H groups in total. The number of likely N-dealkylation sites (tertiary alicyclic amines) is 1. The minimum Gasteiger partial charge on any atom is -0.465 e. The first kappa shape index (κ1) is 29.3. The second-order valence-electron chi connectivity index (χ2n) is 10.2. The van der Waals surface area contributed by atoms with Gasteiger partial charge in [0, 0.05) is 26.2 Å². The third-order valence-electron chi connectivity index (χ3n) is 6.96. The van der Waals surface area contributed by atoms with E-state index in [9.17, 15) is 9.90 Å². The molecule has 0 bridgehead atoms. The molecule has 4 heterocycles. The van der Waals surface area contributed by atoms with Gasteiger partial charge in [-0.15, -0.1) is 0 Å². The summed E-state index contributed by atoms with van der Waals surface area (Å²) in [5.74, 6) is 13.8. The normalized spacial score (nSPS) is 18.8. The van der Waals surface area contributed by atoms with Crippen LogP contribution in [0.5, 0.6) is 0 Å². The van der Waals surface area contributed by atoms with Crippen molar-refractivity contribution in [1.82, 2.24) is 20.2 Å². The molecule has 0 atom stereocenters. The fourth-order valence-corrected chi connectivity index (χ4v) is 4.44. The second-order valence-corrected chi connectivity index (χ2v) is 10.2. The molecule has 0 unspecified atom stereocenters. The van der Waals surface area contributed by atoms with Gasteiger partial charge < -0.3 is 21.1 Å². The minimum atomic E-state index is -0.889. The number of aromatic nitrogens is 2. The molecule has 2 aromatic heterocycles. The van der Waals surface area contributed by atoms with Crippen molar-refractivity contribution in [2.24, 2.45) is 0 Å². The number of rotatable bonds is 2. The summed E-state index contributed by atoms with van der Waals surface area (Å²) in [5, 5.41) is 18.6. The molecular formula is C31H38N6O2. The highest BCUT2D eigenvalue weighted by Crippen LogP contribution is 2.33. The van der Waals surface area contributed by atoms with Crippen LogP contribution in [0.2, 0.25) is 0 Å². The van der Waals surface area contributed by atoms with Gasteiger partial charge >= 0.3 is 6.09 Å². The van der Waals surface area contributed by atoms with E-state index in [1.54, 1.807) is 0 Å². The Morgan fingerprint density at radius 1 is 0.923 bits per heavy atom. The highest BCUT2D eigenvalue weighted by molar-refractivity contribution is 5.68. The Hall–Kier alpha value is -4.27. The summed E-state index contributed by atoms with van der Waals surface area (Å²) in [5.41, 5.74) is 3.45. The Labute approximate surface area is 232 Å². The molecule has 2 aliphatic rings. The van der Waals surface area contributed by atoms with Gasteiger partial charge in [0.25, 0.3) is 0 Å². The maximum Gasteiger partial charge on any atom is 0.408 e. The summed E-state index contributed by atoms with van der Waals surface area (Å²) in [4.78, 5) is 21.3. The number of nitrogens with one attached hydrogen (secondary N) is 3. The Morgan fingerprint density at radius 2 is 1.46 bits per heavy atom. The van der Waals surface area contributed by atoms with E-state index in [4.69, 9.17) is 0 Å². The van der Waals surface area contributed by atoms with Crippen LogP contribution in [0, 0.1) is 23.7 Å². The molecule has 204 valence electrons. The first-order valence-corrected chi connectivity index (χ1v) is 13.0. The molecule has 1 amide bonds. The zero-order chi connectivity index (χ0) is 28.5. The van der Waals surface area contributed by atoms with Gasteiger partial charge in [0.05, 0.1) is 5.54 Å². The summed E-state index contributed by atoms with van der Waals surface area (Å²) < 4.78 is 0. The van der Waals surface area contributed by atoms with Gasteiger partial charge in [-0.05, 0) is 106 Å². The molecule has 2 aromatic rings. The van der Waals surface area contributed by atoms with Crippen LogP contribution in [0.3, 0.4) is 0 Å². The van der Waals surface area contributed by atoms with Crippen molar-refractivity contribution in [3.05, 3.63) is 71.1 Å². The zero-order valence-corrected chi connectivity index (χ0v) is 23.6. The SMILES string of the molecule is CNc1cccc(C#C/C=C2\CCN(C(=O)O)C2(C)C)n1.CNc1cccc(C#C/C=C2\CCNC2(C)C)n1. The van der Waals surface area contributed by atoms with E-state index >= 15 is 0 Å². The Morgan fingerprint density at radius 3 is 1.90 bits per heavy atom.